The lowest BCUT2D eigenvalue weighted by Crippen LogP contribution is -2.31. The normalized spacial score (nSPS) is 11.7. The zero-order chi connectivity index (χ0) is 16.7. The van der Waals surface area contributed by atoms with Crippen LogP contribution in [-0.2, 0) is 14.3 Å². The Hall–Kier alpha value is -2.41. The fourth-order valence-electron chi connectivity index (χ4n) is 1.89. The van der Waals surface area contributed by atoms with Crippen LogP contribution in [0.5, 0.6) is 0 Å². The lowest BCUT2D eigenvalue weighted by Gasteiger charge is -2.11. The molecule has 0 unspecified atom stereocenters. The first-order valence-corrected chi connectivity index (χ1v) is 7.99. The standard InChI is InChI=1S/C16H17NO5S/c1-11(13-4-2-8-21-13)17-15(19)10-22-16(20)7-6-12(18)14-5-3-9-23-14/h2-5,8-9,11H,6-7,10H2,1H3,(H,17,19)/t11-/m0/s1. The summed E-state index contributed by atoms with van der Waals surface area (Å²) >= 11 is 1.33. The number of nitrogens with one attached hydrogen (secondary N) is 1. The molecule has 0 saturated carbocycles. The molecule has 0 aliphatic heterocycles. The molecule has 7 heteroatoms. The van der Waals surface area contributed by atoms with Gasteiger partial charge in [-0.3, -0.25) is 14.4 Å². The molecule has 0 radical (unpaired) electrons. The lowest BCUT2D eigenvalue weighted by atomic mass is 10.2. The Labute approximate surface area is 137 Å². The van der Waals surface area contributed by atoms with Gasteiger partial charge in [0.05, 0.1) is 23.6 Å². The molecule has 1 N–H and O–H groups in total. The van der Waals surface area contributed by atoms with Gasteiger partial charge in [0.25, 0.3) is 5.91 Å². The van der Waals surface area contributed by atoms with E-state index in [4.69, 9.17) is 9.15 Å². The van der Waals surface area contributed by atoms with Gasteiger partial charge in [-0.1, -0.05) is 6.07 Å². The largest absolute Gasteiger partial charge is 0.467 e. The Morgan fingerprint density at radius 3 is 2.74 bits per heavy atom. The second kappa shape index (κ2) is 8.28. The molecule has 2 aromatic heterocycles. The Morgan fingerprint density at radius 2 is 2.09 bits per heavy atom. The first kappa shape index (κ1) is 17.0. The van der Waals surface area contributed by atoms with Crippen molar-refractivity contribution in [2.75, 3.05) is 6.61 Å². The van der Waals surface area contributed by atoms with Crippen LogP contribution in [0.4, 0.5) is 0 Å². The average molecular weight is 335 g/mol. The summed E-state index contributed by atoms with van der Waals surface area (Å²) in [4.78, 5) is 35.6. The Balaban J connectivity index is 1.65. The Morgan fingerprint density at radius 1 is 1.26 bits per heavy atom. The number of furan rings is 1. The topological polar surface area (TPSA) is 85.6 Å². The van der Waals surface area contributed by atoms with Crippen molar-refractivity contribution in [3.63, 3.8) is 0 Å². The number of carbonyl (C=O) groups excluding carboxylic acids is 3. The second-order valence-electron chi connectivity index (χ2n) is 4.87. The summed E-state index contributed by atoms with van der Waals surface area (Å²) in [5.41, 5.74) is 0. The molecule has 23 heavy (non-hydrogen) atoms. The van der Waals surface area contributed by atoms with Crippen molar-refractivity contribution in [3.05, 3.63) is 46.5 Å². The minimum Gasteiger partial charge on any atom is -0.467 e. The number of Topliss-reactive ketones (excluding diaryl/α,β-unsaturated/α-hetero) is 1. The molecule has 0 aromatic carbocycles. The lowest BCUT2D eigenvalue weighted by molar-refractivity contribution is -0.148. The number of ether oxygens (including phenoxy) is 1. The summed E-state index contributed by atoms with van der Waals surface area (Å²) in [6.07, 6.45) is 1.55. The molecule has 0 saturated heterocycles. The van der Waals surface area contributed by atoms with Gasteiger partial charge in [0, 0.05) is 6.42 Å². The van der Waals surface area contributed by atoms with Gasteiger partial charge in [0.1, 0.15) is 5.76 Å². The third kappa shape index (κ3) is 5.37. The summed E-state index contributed by atoms with van der Waals surface area (Å²) < 4.78 is 10.0. The number of amides is 1. The zero-order valence-corrected chi connectivity index (χ0v) is 13.4. The van der Waals surface area contributed by atoms with Crippen molar-refractivity contribution < 1.29 is 23.5 Å². The second-order valence-corrected chi connectivity index (χ2v) is 5.81. The maximum atomic E-state index is 11.7. The molecule has 2 aromatic rings. The molecule has 2 rings (SSSR count). The number of carbonyl (C=O) groups is 3. The van der Waals surface area contributed by atoms with Crippen LogP contribution in [0.2, 0.25) is 0 Å². The van der Waals surface area contributed by atoms with E-state index in [1.165, 1.54) is 17.6 Å². The molecule has 0 spiro atoms. The highest BCUT2D eigenvalue weighted by Gasteiger charge is 2.15. The average Bonchev–Trinajstić information content (AvgIpc) is 3.23. The van der Waals surface area contributed by atoms with Crippen LogP contribution in [0.1, 0.15) is 41.2 Å². The minimum absolute atomic E-state index is 0.0439. The predicted octanol–water partition coefficient (Wildman–Crippen LogP) is 2.72. The van der Waals surface area contributed by atoms with Crippen molar-refractivity contribution in [2.45, 2.75) is 25.8 Å². The Bertz CT molecular complexity index is 648. The number of thiophene rings is 1. The number of esters is 1. The molecule has 1 amide bonds. The van der Waals surface area contributed by atoms with E-state index in [2.05, 4.69) is 5.32 Å². The van der Waals surface area contributed by atoms with E-state index in [1.807, 2.05) is 0 Å². The third-order valence-corrected chi connectivity index (χ3v) is 3.97. The minimum atomic E-state index is -0.573. The van der Waals surface area contributed by atoms with E-state index < -0.39 is 11.9 Å². The van der Waals surface area contributed by atoms with Gasteiger partial charge in [0.2, 0.25) is 0 Å². The van der Waals surface area contributed by atoms with Crippen LogP contribution >= 0.6 is 11.3 Å². The molecule has 2 heterocycles. The van der Waals surface area contributed by atoms with Gasteiger partial charge < -0.3 is 14.5 Å². The zero-order valence-electron chi connectivity index (χ0n) is 12.6. The molecule has 0 bridgehead atoms. The van der Waals surface area contributed by atoms with E-state index >= 15 is 0 Å². The van der Waals surface area contributed by atoms with E-state index in [-0.39, 0.29) is 31.3 Å². The fourth-order valence-corrected chi connectivity index (χ4v) is 2.58. The van der Waals surface area contributed by atoms with Gasteiger partial charge >= 0.3 is 5.97 Å². The molecule has 122 valence electrons. The van der Waals surface area contributed by atoms with E-state index in [0.717, 1.165) is 0 Å². The quantitative estimate of drug-likeness (QED) is 0.592. The molecular formula is C16H17NO5S. The summed E-state index contributed by atoms with van der Waals surface area (Å²) in [5.74, 6) is -0.485. The van der Waals surface area contributed by atoms with Crippen LogP contribution in [0.15, 0.2) is 40.3 Å². The summed E-state index contributed by atoms with van der Waals surface area (Å²) in [6, 6.07) is 6.65. The van der Waals surface area contributed by atoms with Gasteiger partial charge in [-0.2, -0.15) is 0 Å². The summed E-state index contributed by atoms with van der Waals surface area (Å²) in [5, 5.41) is 4.45. The van der Waals surface area contributed by atoms with Crippen LogP contribution in [0, 0.1) is 0 Å². The highest BCUT2D eigenvalue weighted by atomic mass is 32.1. The monoisotopic (exact) mass is 335 g/mol. The van der Waals surface area contributed by atoms with Gasteiger partial charge in [-0.05, 0) is 30.5 Å². The van der Waals surface area contributed by atoms with Crippen LogP contribution in [-0.4, -0.2) is 24.3 Å². The summed E-state index contributed by atoms with van der Waals surface area (Å²) in [6.45, 7) is 1.38. The van der Waals surface area contributed by atoms with E-state index in [9.17, 15) is 14.4 Å². The molecule has 0 aliphatic rings. The third-order valence-electron chi connectivity index (χ3n) is 3.06. The highest BCUT2D eigenvalue weighted by Crippen LogP contribution is 2.13. The fraction of sp³-hybridized carbons (Fsp3) is 0.312. The van der Waals surface area contributed by atoms with Crippen molar-refractivity contribution in [2.24, 2.45) is 0 Å². The van der Waals surface area contributed by atoms with E-state index in [0.29, 0.717) is 10.6 Å². The smallest absolute Gasteiger partial charge is 0.306 e. The number of hydrogen-bond acceptors (Lipinski definition) is 6. The molecule has 0 aliphatic carbocycles. The van der Waals surface area contributed by atoms with Gasteiger partial charge in [-0.25, -0.2) is 0 Å². The van der Waals surface area contributed by atoms with Gasteiger partial charge in [0.15, 0.2) is 12.4 Å². The summed E-state index contributed by atoms with van der Waals surface area (Å²) in [7, 11) is 0. The van der Waals surface area contributed by atoms with Crippen molar-refractivity contribution in [3.8, 4) is 0 Å². The number of ketones is 1. The van der Waals surface area contributed by atoms with Crippen LogP contribution in [0.25, 0.3) is 0 Å². The van der Waals surface area contributed by atoms with Crippen molar-refractivity contribution in [1.82, 2.24) is 5.32 Å². The van der Waals surface area contributed by atoms with Crippen molar-refractivity contribution in [1.29, 1.82) is 0 Å². The van der Waals surface area contributed by atoms with E-state index in [1.54, 1.807) is 36.6 Å². The highest BCUT2D eigenvalue weighted by molar-refractivity contribution is 7.12. The SMILES string of the molecule is C[C@H](NC(=O)COC(=O)CCC(=O)c1cccs1)c1ccco1. The number of hydrogen-bond donors (Lipinski definition) is 1. The maximum absolute atomic E-state index is 11.7. The molecule has 6 nitrogen and oxygen atoms in total. The van der Waals surface area contributed by atoms with Crippen molar-refractivity contribution >= 4 is 29.0 Å². The first-order valence-electron chi connectivity index (χ1n) is 7.11. The first-order chi connectivity index (χ1) is 11.1. The predicted molar refractivity (Wildman–Crippen MR) is 84.1 cm³/mol. The molecular weight excluding hydrogens is 318 g/mol. The number of rotatable bonds is 8. The molecule has 1 atom stereocenters. The van der Waals surface area contributed by atoms with Gasteiger partial charge in [-0.15, -0.1) is 11.3 Å². The molecule has 0 fully saturated rings. The van der Waals surface area contributed by atoms with Crippen LogP contribution in [0.3, 0.4) is 0 Å². The van der Waals surface area contributed by atoms with Crippen LogP contribution < -0.4 is 5.32 Å². The Kier molecular flexibility index (Phi) is 6.10. The maximum Gasteiger partial charge on any atom is 0.306 e.